The molecule has 2 N–H and O–H groups in total. The minimum Gasteiger partial charge on any atom is -0.396 e. The molecule has 0 spiro atoms. The van der Waals surface area contributed by atoms with Gasteiger partial charge < -0.3 is 10.4 Å². The highest BCUT2D eigenvalue weighted by Gasteiger charge is 2.31. The van der Waals surface area contributed by atoms with Crippen molar-refractivity contribution in [2.45, 2.75) is 36.8 Å². The Balaban J connectivity index is 2.08. The third kappa shape index (κ3) is 3.85. The summed E-state index contributed by atoms with van der Waals surface area (Å²) in [4.78, 5) is 3.99. The number of anilines is 1. The van der Waals surface area contributed by atoms with E-state index < -0.39 is 20.5 Å². The largest absolute Gasteiger partial charge is 0.396 e. The summed E-state index contributed by atoms with van der Waals surface area (Å²) in [6, 6.07) is 6.01. The Morgan fingerprint density at radius 2 is 2.00 bits per heavy atom. The first kappa shape index (κ1) is 20.2. The van der Waals surface area contributed by atoms with E-state index in [1.54, 1.807) is 49.8 Å². The van der Waals surface area contributed by atoms with E-state index >= 15 is 0 Å². The van der Waals surface area contributed by atoms with Gasteiger partial charge in [-0.15, -0.1) is 0 Å². The molecule has 0 aliphatic carbocycles. The summed E-state index contributed by atoms with van der Waals surface area (Å²) in [6.07, 6.45) is 3.66. The number of fused-ring (bicyclic) bond motifs is 1. The first-order valence-electron chi connectivity index (χ1n) is 8.88. The fourth-order valence-electron chi connectivity index (χ4n) is 2.74. The van der Waals surface area contributed by atoms with Crippen molar-refractivity contribution >= 4 is 21.2 Å². The number of rotatable bonds is 6. The van der Waals surface area contributed by atoms with Crippen LogP contribution in [0.5, 0.6) is 0 Å². The molecule has 3 rings (SSSR count). The van der Waals surface area contributed by atoms with Gasteiger partial charge in [-0.2, -0.15) is 9.49 Å². The van der Waals surface area contributed by atoms with Crippen molar-refractivity contribution in [2.24, 2.45) is 0 Å². The summed E-state index contributed by atoms with van der Waals surface area (Å²) in [5, 5.41) is 16.1. The van der Waals surface area contributed by atoms with Gasteiger partial charge in [0.2, 0.25) is 5.95 Å². The Bertz CT molecular complexity index is 1100. The van der Waals surface area contributed by atoms with E-state index in [-0.39, 0.29) is 11.5 Å². The van der Waals surface area contributed by atoms with E-state index in [2.05, 4.69) is 15.4 Å². The van der Waals surface area contributed by atoms with Gasteiger partial charge in [0.25, 0.3) is 0 Å². The molecule has 9 heteroatoms. The minimum absolute atomic E-state index is 0.0221. The molecule has 0 radical (unpaired) electrons. The van der Waals surface area contributed by atoms with Crippen LogP contribution in [0.1, 0.15) is 27.2 Å². The molecule has 3 heterocycles. The van der Waals surface area contributed by atoms with Gasteiger partial charge in [0.1, 0.15) is 5.82 Å². The Labute approximate surface area is 163 Å². The Hall–Kier alpha value is -2.52. The maximum Gasteiger partial charge on any atom is 0.215 e. The van der Waals surface area contributed by atoms with Gasteiger partial charge >= 0.3 is 0 Å². The second-order valence-corrected chi connectivity index (χ2v) is 10.1. The molecule has 28 heavy (non-hydrogen) atoms. The fourth-order valence-corrected chi connectivity index (χ4v) is 3.96. The molecule has 7 nitrogen and oxygen atoms in total. The molecule has 150 valence electrons. The first-order valence-corrected chi connectivity index (χ1v) is 10.4. The lowest BCUT2D eigenvalue weighted by molar-refractivity contribution is 0.292. The van der Waals surface area contributed by atoms with Crippen molar-refractivity contribution in [3.8, 4) is 11.1 Å². The van der Waals surface area contributed by atoms with Crippen LogP contribution in [-0.4, -0.2) is 46.0 Å². The van der Waals surface area contributed by atoms with Crippen LogP contribution in [0.3, 0.4) is 0 Å². The van der Waals surface area contributed by atoms with E-state index in [9.17, 15) is 12.8 Å². The molecule has 0 aliphatic rings. The second kappa shape index (κ2) is 7.48. The van der Waals surface area contributed by atoms with E-state index in [1.165, 1.54) is 12.1 Å². The molecular formula is C19H23FN4O3S. The summed E-state index contributed by atoms with van der Waals surface area (Å²) in [5.74, 6) is -0.330. The zero-order valence-electron chi connectivity index (χ0n) is 16.0. The number of aromatic nitrogens is 3. The van der Waals surface area contributed by atoms with Crippen LogP contribution in [0, 0.1) is 5.95 Å². The first-order chi connectivity index (χ1) is 13.1. The van der Waals surface area contributed by atoms with E-state index in [0.717, 1.165) is 0 Å². The lowest BCUT2D eigenvalue weighted by Crippen LogP contribution is -2.27. The highest BCUT2D eigenvalue weighted by Crippen LogP contribution is 2.30. The SMILES string of the molecule is CC(C)(C)S(=O)(=O)c1ccn2ncc(-c3cc(F)nc(NCCCO)c3)c2c1. The second-order valence-electron chi connectivity index (χ2n) is 7.43. The monoisotopic (exact) mass is 406 g/mol. The molecule has 3 aromatic heterocycles. The van der Waals surface area contributed by atoms with Crippen molar-refractivity contribution in [3.05, 3.63) is 42.6 Å². The van der Waals surface area contributed by atoms with E-state index in [4.69, 9.17) is 5.11 Å². The smallest absolute Gasteiger partial charge is 0.215 e. The van der Waals surface area contributed by atoms with Gasteiger partial charge in [-0.25, -0.2) is 17.9 Å². The summed E-state index contributed by atoms with van der Waals surface area (Å²) < 4.78 is 40.2. The molecule has 0 atom stereocenters. The molecule has 0 unspecified atom stereocenters. The molecule has 0 aromatic carbocycles. The van der Waals surface area contributed by atoms with Crippen LogP contribution in [0.15, 0.2) is 41.6 Å². The predicted octanol–water partition coefficient (Wildman–Crippen LogP) is 2.90. The average Bonchev–Trinajstić information content (AvgIpc) is 3.03. The Kier molecular flexibility index (Phi) is 5.40. The number of nitrogens with one attached hydrogen (secondary N) is 1. The van der Waals surface area contributed by atoms with Gasteiger partial charge in [0.05, 0.1) is 21.4 Å². The normalized spacial score (nSPS) is 12.5. The number of aliphatic hydroxyl groups is 1. The van der Waals surface area contributed by atoms with Gasteiger partial charge in [0.15, 0.2) is 9.84 Å². The van der Waals surface area contributed by atoms with Gasteiger partial charge in [0, 0.05) is 31.0 Å². The molecule has 3 aromatic rings. The van der Waals surface area contributed by atoms with Crippen LogP contribution < -0.4 is 5.32 Å². The number of sulfone groups is 1. The summed E-state index contributed by atoms with van der Waals surface area (Å²) in [5.41, 5.74) is 1.68. The summed E-state index contributed by atoms with van der Waals surface area (Å²) in [6.45, 7) is 5.41. The number of hydrogen-bond acceptors (Lipinski definition) is 6. The Morgan fingerprint density at radius 3 is 2.68 bits per heavy atom. The minimum atomic E-state index is -3.54. The zero-order valence-corrected chi connectivity index (χ0v) is 16.8. The number of aliphatic hydroxyl groups excluding tert-OH is 1. The van der Waals surface area contributed by atoms with Crippen molar-refractivity contribution < 1.29 is 17.9 Å². The van der Waals surface area contributed by atoms with Crippen molar-refractivity contribution in [2.75, 3.05) is 18.5 Å². The average molecular weight is 406 g/mol. The standard InChI is InChI=1S/C19H23FN4O3S/c1-19(2,3)28(26,27)14-5-7-24-16(11-14)15(12-22-24)13-9-17(20)23-18(10-13)21-6-4-8-25/h5,7,9-12,25H,4,6,8H2,1-3H3,(H,21,23). The van der Waals surface area contributed by atoms with E-state index in [1.807, 2.05) is 0 Å². The molecule has 0 saturated heterocycles. The highest BCUT2D eigenvalue weighted by molar-refractivity contribution is 7.92. The molecule has 0 saturated carbocycles. The van der Waals surface area contributed by atoms with Gasteiger partial charge in [-0.05, 0) is 51.0 Å². The van der Waals surface area contributed by atoms with Crippen molar-refractivity contribution in [3.63, 3.8) is 0 Å². The lowest BCUT2D eigenvalue weighted by atomic mass is 10.1. The number of pyridine rings is 2. The fraction of sp³-hybridized carbons (Fsp3) is 0.368. The third-order valence-corrected chi connectivity index (χ3v) is 6.84. The maximum atomic E-state index is 14.0. The van der Waals surface area contributed by atoms with E-state index in [0.29, 0.717) is 35.4 Å². The topological polar surface area (TPSA) is 96.6 Å². The number of halogens is 1. The third-order valence-electron chi connectivity index (χ3n) is 4.36. The Morgan fingerprint density at radius 1 is 1.25 bits per heavy atom. The quantitative estimate of drug-likeness (QED) is 0.483. The number of hydrogen-bond donors (Lipinski definition) is 2. The lowest BCUT2D eigenvalue weighted by Gasteiger charge is -2.19. The maximum absolute atomic E-state index is 14.0. The van der Waals surface area contributed by atoms with Crippen LogP contribution >= 0.6 is 0 Å². The van der Waals surface area contributed by atoms with Crippen LogP contribution in [0.25, 0.3) is 16.6 Å². The zero-order chi connectivity index (χ0) is 20.5. The van der Waals surface area contributed by atoms with Crippen LogP contribution in [0.4, 0.5) is 10.2 Å². The predicted molar refractivity (Wildman–Crippen MR) is 106 cm³/mol. The highest BCUT2D eigenvalue weighted by atomic mass is 32.2. The van der Waals surface area contributed by atoms with Crippen LogP contribution in [0.2, 0.25) is 0 Å². The molecule has 0 fully saturated rings. The van der Waals surface area contributed by atoms with Crippen molar-refractivity contribution in [1.29, 1.82) is 0 Å². The number of nitrogens with zero attached hydrogens (tertiary/aromatic N) is 3. The van der Waals surface area contributed by atoms with Crippen LogP contribution in [-0.2, 0) is 9.84 Å². The molecule has 0 bridgehead atoms. The van der Waals surface area contributed by atoms with Gasteiger partial charge in [-0.3, -0.25) is 0 Å². The molecular weight excluding hydrogens is 383 g/mol. The summed E-state index contributed by atoms with van der Waals surface area (Å²) >= 11 is 0. The van der Waals surface area contributed by atoms with Crippen molar-refractivity contribution in [1.82, 2.24) is 14.6 Å². The summed E-state index contributed by atoms with van der Waals surface area (Å²) in [7, 11) is -3.54. The molecule has 0 aliphatic heterocycles. The molecule has 0 amide bonds. The van der Waals surface area contributed by atoms with Gasteiger partial charge in [-0.1, -0.05) is 0 Å².